The van der Waals surface area contributed by atoms with Crippen molar-refractivity contribution < 1.29 is 16.8 Å². The second kappa shape index (κ2) is 8.96. The molecule has 0 atom stereocenters. The van der Waals surface area contributed by atoms with Gasteiger partial charge in [0.25, 0.3) is 10.0 Å². The predicted octanol–water partition coefficient (Wildman–Crippen LogP) is 3.66. The van der Waals surface area contributed by atoms with Gasteiger partial charge in [-0.1, -0.05) is 41.9 Å². The number of nitrogens with one attached hydrogen (secondary N) is 2. The van der Waals surface area contributed by atoms with Gasteiger partial charge in [0.15, 0.2) is 0 Å². The number of anilines is 1. The Bertz CT molecular complexity index is 1160. The van der Waals surface area contributed by atoms with Gasteiger partial charge in [-0.3, -0.25) is 4.72 Å². The van der Waals surface area contributed by atoms with Crippen molar-refractivity contribution >= 4 is 37.3 Å². The maximum Gasteiger partial charge on any atom is 0.261 e. The second-order valence-electron chi connectivity index (χ2n) is 6.22. The summed E-state index contributed by atoms with van der Waals surface area (Å²) >= 11 is 5.77. The van der Waals surface area contributed by atoms with E-state index >= 15 is 0 Å². The average Bonchev–Trinajstić information content (AvgIpc) is 2.69. The molecule has 0 aromatic heterocycles. The highest BCUT2D eigenvalue weighted by Gasteiger charge is 2.16. The van der Waals surface area contributed by atoms with Crippen molar-refractivity contribution in [2.75, 3.05) is 11.3 Å². The molecule has 0 unspecified atom stereocenters. The SMILES string of the molecule is O=S(=O)(NCCc1ccccc1)c1ccc(NS(=O)(=O)c2ccc(Cl)cc2)cc1. The predicted molar refractivity (Wildman–Crippen MR) is 114 cm³/mol. The number of rotatable bonds is 8. The van der Waals surface area contributed by atoms with Crippen molar-refractivity contribution in [3.8, 4) is 0 Å². The minimum Gasteiger partial charge on any atom is -0.280 e. The van der Waals surface area contributed by atoms with Gasteiger partial charge in [0.05, 0.1) is 9.79 Å². The van der Waals surface area contributed by atoms with Crippen LogP contribution in [0.3, 0.4) is 0 Å². The zero-order chi connectivity index (χ0) is 20.9. The van der Waals surface area contributed by atoms with Gasteiger partial charge < -0.3 is 0 Å². The fraction of sp³-hybridized carbons (Fsp3) is 0.100. The quantitative estimate of drug-likeness (QED) is 0.547. The third-order valence-corrected chi connectivity index (χ3v) is 7.22. The van der Waals surface area contributed by atoms with Crippen LogP contribution < -0.4 is 9.44 Å². The number of hydrogen-bond acceptors (Lipinski definition) is 4. The molecule has 0 heterocycles. The van der Waals surface area contributed by atoms with Gasteiger partial charge in [-0.2, -0.15) is 0 Å². The average molecular weight is 451 g/mol. The van der Waals surface area contributed by atoms with Crippen molar-refractivity contribution in [1.82, 2.24) is 4.72 Å². The van der Waals surface area contributed by atoms with Crippen LogP contribution in [0.25, 0.3) is 0 Å². The van der Waals surface area contributed by atoms with Crippen LogP contribution in [0.5, 0.6) is 0 Å². The summed E-state index contributed by atoms with van der Waals surface area (Å²) in [4.78, 5) is 0.112. The number of benzene rings is 3. The molecular formula is C20H19ClN2O4S2. The molecule has 3 aromatic carbocycles. The van der Waals surface area contributed by atoms with Crippen LogP contribution in [-0.2, 0) is 26.5 Å². The largest absolute Gasteiger partial charge is 0.280 e. The standard InChI is InChI=1S/C20H19ClN2O4S2/c21-17-6-10-20(11-7-17)29(26,27)23-18-8-12-19(13-9-18)28(24,25)22-15-14-16-4-2-1-3-5-16/h1-13,22-23H,14-15H2. The lowest BCUT2D eigenvalue weighted by Gasteiger charge is -2.10. The van der Waals surface area contributed by atoms with Crippen LogP contribution >= 0.6 is 11.6 Å². The van der Waals surface area contributed by atoms with Crippen LogP contribution in [0.1, 0.15) is 5.56 Å². The Morgan fingerprint density at radius 1 is 0.690 bits per heavy atom. The highest BCUT2D eigenvalue weighted by atomic mass is 35.5. The van der Waals surface area contributed by atoms with E-state index in [2.05, 4.69) is 9.44 Å². The summed E-state index contributed by atoms with van der Waals surface area (Å²) in [7, 11) is -7.49. The smallest absolute Gasteiger partial charge is 0.261 e. The normalized spacial score (nSPS) is 11.9. The lowest BCUT2D eigenvalue weighted by atomic mass is 10.2. The molecule has 3 aromatic rings. The van der Waals surface area contributed by atoms with Gasteiger partial charge in [-0.15, -0.1) is 0 Å². The maximum atomic E-state index is 12.4. The van der Waals surface area contributed by atoms with Gasteiger partial charge in [-0.05, 0) is 60.5 Å². The molecule has 0 aliphatic rings. The summed E-state index contributed by atoms with van der Waals surface area (Å²) in [5.74, 6) is 0. The molecule has 0 radical (unpaired) electrons. The summed E-state index contributed by atoms with van der Waals surface area (Å²) in [6, 6.07) is 20.8. The van der Waals surface area contributed by atoms with Crippen LogP contribution in [0.2, 0.25) is 5.02 Å². The topological polar surface area (TPSA) is 92.3 Å². The van der Waals surface area contributed by atoms with E-state index in [-0.39, 0.29) is 22.0 Å². The molecule has 0 saturated heterocycles. The highest BCUT2D eigenvalue weighted by molar-refractivity contribution is 7.92. The lowest BCUT2D eigenvalue weighted by molar-refractivity contribution is 0.581. The first-order valence-electron chi connectivity index (χ1n) is 8.68. The lowest BCUT2D eigenvalue weighted by Crippen LogP contribution is -2.26. The molecule has 6 nitrogen and oxygen atoms in total. The molecule has 0 amide bonds. The van der Waals surface area contributed by atoms with Gasteiger partial charge in [0.1, 0.15) is 0 Å². The number of halogens is 1. The third-order valence-electron chi connectivity index (χ3n) is 4.09. The van der Waals surface area contributed by atoms with Crippen LogP contribution in [-0.4, -0.2) is 23.4 Å². The molecule has 0 fully saturated rings. The van der Waals surface area contributed by atoms with E-state index in [0.717, 1.165) is 5.56 Å². The van der Waals surface area contributed by atoms with Gasteiger partial charge in [0, 0.05) is 17.3 Å². The van der Waals surface area contributed by atoms with Gasteiger partial charge >= 0.3 is 0 Å². The Labute approximate surface area is 175 Å². The van der Waals surface area contributed by atoms with E-state index in [1.165, 1.54) is 48.5 Å². The zero-order valence-electron chi connectivity index (χ0n) is 15.2. The molecule has 0 bridgehead atoms. The van der Waals surface area contributed by atoms with Crippen molar-refractivity contribution in [3.63, 3.8) is 0 Å². The summed E-state index contributed by atoms with van der Waals surface area (Å²) in [5.41, 5.74) is 1.28. The molecule has 0 aliphatic heterocycles. The highest BCUT2D eigenvalue weighted by Crippen LogP contribution is 2.20. The van der Waals surface area contributed by atoms with E-state index in [9.17, 15) is 16.8 Å². The Balaban J connectivity index is 1.65. The Morgan fingerprint density at radius 2 is 1.24 bits per heavy atom. The van der Waals surface area contributed by atoms with E-state index in [1.54, 1.807) is 0 Å². The summed E-state index contributed by atoms with van der Waals surface area (Å²) in [5, 5.41) is 0.429. The Kier molecular flexibility index (Phi) is 6.59. The molecule has 3 rings (SSSR count). The van der Waals surface area contributed by atoms with Gasteiger partial charge in [0.2, 0.25) is 10.0 Å². The molecular weight excluding hydrogens is 432 g/mol. The molecule has 2 N–H and O–H groups in total. The van der Waals surface area contributed by atoms with E-state index in [1.807, 2.05) is 30.3 Å². The first kappa shape index (κ1) is 21.3. The fourth-order valence-corrected chi connectivity index (χ4v) is 4.80. The maximum absolute atomic E-state index is 12.4. The van der Waals surface area contributed by atoms with E-state index in [0.29, 0.717) is 11.4 Å². The molecule has 0 aliphatic carbocycles. The van der Waals surface area contributed by atoms with Crippen molar-refractivity contribution in [2.45, 2.75) is 16.2 Å². The number of sulfonamides is 2. The van der Waals surface area contributed by atoms with Crippen LogP contribution in [0.4, 0.5) is 5.69 Å². The van der Waals surface area contributed by atoms with Crippen molar-refractivity contribution in [3.05, 3.63) is 89.4 Å². The first-order chi connectivity index (χ1) is 13.8. The summed E-state index contributed by atoms with van der Waals surface area (Å²) in [6.07, 6.45) is 0.568. The second-order valence-corrected chi connectivity index (χ2v) is 10.1. The van der Waals surface area contributed by atoms with E-state index < -0.39 is 20.0 Å². The Hall–Kier alpha value is -2.39. The number of hydrogen-bond donors (Lipinski definition) is 2. The molecule has 0 saturated carbocycles. The van der Waals surface area contributed by atoms with Crippen LogP contribution in [0.15, 0.2) is 88.7 Å². The monoisotopic (exact) mass is 450 g/mol. The van der Waals surface area contributed by atoms with Gasteiger partial charge in [-0.25, -0.2) is 21.6 Å². The molecule has 0 spiro atoms. The molecule has 152 valence electrons. The fourth-order valence-electron chi connectivity index (χ4n) is 2.59. The minimum atomic E-state index is -3.80. The van der Waals surface area contributed by atoms with Crippen molar-refractivity contribution in [2.24, 2.45) is 0 Å². The van der Waals surface area contributed by atoms with E-state index in [4.69, 9.17) is 11.6 Å². The minimum absolute atomic E-state index is 0.0556. The third kappa shape index (κ3) is 5.80. The van der Waals surface area contributed by atoms with Crippen molar-refractivity contribution in [1.29, 1.82) is 0 Å². The first-order valence-corrected chi connectivity index (χ1v) is 12.0. The Morgan fingerprint density at radius 3 is 1.86 bits per heavy atom. The zero-order valence-corrected chi connectivity index (χ0v) is 17.6. The molecule has 9 heteroatoms. The summed E-state index contributed by atoms with van der Waals surface area (Å²) in [6.45, 7) is 0.261. The summed E-state index contributed by atoms with van der Waals surface area (Å²) < 4.78 is 54.5. The molecule has 29 heavy (non-hydrogen) atoms. The van der Waals surface area contributed by atoms with Crippen LogP contribution in [0, 0.1) is 0 Å².